The first-order chi connectivity index (χ1) is 9.22. The Morgan fingerprint density at radius 3 is 2.55 bits per heavy atom. The number of nitrogens with one attached hydrogen (secondary N) is 2. The van der Waals surface area contributed by atoms with Crippen molar-refractivity contribution in [3.05, 3.63) is 29.3 Å². The van der Waals surface area contributed by atoms with Crippen molar-refractivity contribution in [3.8, 4) is 5.75 Å². The van der Waals surface area contributed by atoms with Crippen molar-refractivity contribution in [2.45, 2.75) is 19.8 Å². The number of rotatable bonds is 9. The summed E-state index contributed by atoms with van der Waals surface area (Å²) < 4.78 is 5.44. The maximum Gasteiger partial charge on any atom is 0.223 e. The Labute approximate surface area is 131 Å². The second-order valence-electron chi connectivity index (χ2n) is 4.15. The highest BCUT2D eigenvalue weighted by atomic mass is 35.5. The molecule has 0 aliphatic heterocycles. The minimum Gasteiger partial charge on any atom is -0.493 e. The zero-order chi connectivity index (χ0) is 13.9. The summed E-state index contributed by atoms with van der Waals surface area (Å²) in [5.41, 5.74) is 0. The van der Waals surface area contributed by atoms with Gasteiger partial charge in [0.05, 0.1) is 13.0 Å². The third-order valence-electron chi connectivity index (χ3n) is 2.46. The zero-order valence-electron chi connectivity index (χ0n) is 11.7. The molecule has 114 valence electrons. The highest BCUT2D eigenvalue weighted by Crippen LogP contribution is 2.15. The van der Waals surface area contributed by atoms with E-state index in [1.54, 1.807) is 24.3 Å². The topological polar surface area (TPSA) is 50.4 Å². The summed E-state index contributed by atoms with van der Waals surface area (Å²) in [6.45, 7) is 4.92. The van der Waals surface area contributed by atoms with Gasteiger partial charge in [-0.1, -0.05) is 18.5 Å². The third kappa shape index (κ3) is 9.02. The molecule has 1 aromatic rings. The minimum absolute atomic E-state index is 0. The van der Waals surface area contributed by atoms with Gasteiger partial charge in [-0.25, -0.2) is 0 Å². The highest BCUT2D eigenvalue weighted by Gasteiger charge is 2.01. The van der Waals surface area contributed by atoms with Crippen LogP contribution in [-0.4, -0.2) is 32.1 Å². The molecule has 0 saturated carbocycles. The predicted octanol–water partition coefficient (Wildman–Crippen LogP) is 2.65. The lowest BCUT2D eigenvalue weighted by atomic mass is 10.3. The number of amides is 1. The molecule has 1 aromatic carbocycles. The fourth-order valence-corrected chi connectivity index (χ4v) is 1.60. The zero-order valence-corrected chi connectivity index (χ0v) is 13.2. The van der Waals surface area contributed by atoms with Gasteiger partial charge in [0.1, 0.15) is 5.75 Å². The minimum atomic E-state index is 0. The predicted molar refractivity (Wildman–Crippen MR) is 85.0 cm³/mol. The molecule has 0 fully saturated rings. The van der Waals surface area contributed by atoms with Crippen LogP contribution in [0, 0.1) is 0 Å². The van der Waals surface area contributed by atoms with Crippen molar-refractivity contribution in [1.82, 2.24) is 10.6 Å². The average Bonchev–Trinajstić information content (AvgIpc) is 2.41. The number of carbonyl (C=O) groups is 1. The molecule has 0 bridgehead atoms. The van der Waals surface area contributed by atoms with Gasteiger partial charge in [-0.15, -0.1) is 12.4 Å². The van der Waals surface area contributed by atoms with E-state index in [9.17, 15) is 4.79 Å². The molecule has 6 heteroatoms. The van der Waals surface area contributed by atoms with E-state index in [1.807, 2.05) is 0 Å². The first-order valence-electron chi connectivity index (χ1n) is 6.58. The molecule has 0 unspecified atom stereocenters. The molecule has 0 aliphatic carbocycles. The summed E-state index contributed by atoms with van der Waals surface area (Å²) >= 11 is 5.76. The fraction of sp³-hybridized carbons (Fsp3) is 0.500. The molecular formula is C14H22Cl2N2O2. The van der Waals surface area contributed by atoms with Crippen LogP contribution >= 0.6 is 24.0 Å². The first-order valence-corrected chi connectivity index (χ1v) is 6.96. The maximum absolute atomic E-state index is 11.5. The Kier molecular flexibility index (Phi) is 11.3. The molecular weight excluding hydrogens is 299 g/mol. The van der Waals surface area contributed by atoms with Crippen molar-refractivity contribution in [2.24, 2.45) is 0 Å². The van der Waals surface area contributed by atoms with E-state index in [0.717, 1.165) is 25.3 Å². The van der Waals surface area contributed by atoms with Gasteiger partial charge in [0, 0.05) is 18.1 Å². The lowest BCUT2D eigenvalue weighted by Gasteiger charge is -2.07. The monoisotopic (exact) mass is 320 g/mol. The van der Waals surface area contributed by atoms with Crippen LogP contribution in [-0.2, 0) is 4.79 Å². The van der Waals surface area contributed by atoms with Gasteiger partial charge in [-0.2, -0.15) is 0 Å². The van der Waals surface area contributed by atoms with Gasteiger partial charge in [-0.3, -0.25) is 4.79 Å². The van der Waals surface area contributed by atoms with Gasteiger partial charge in [0.2, 0.25) is 5.91 Å². The van der Waals surface area contributed by atoms with Crippen molar-refractivity contribution in [3.63, 3.8) is 0 Å². The largest absolute Gasteiger partial charge is 0.493 e. The summed E-state index contributed by atoms with van der Waals surface area (Å²) in [4.78, 5) is 11.5. The summed E-state index contributed by atoms with van der Waals surface area (Å²) in [5, 5.41) is 6.72. The highest BCUT2D eigenvalue weighted by molar-refractivity contribution is 6.30. The Morgan fingerprint density at radius 2 is 1.90 bits per heavy atom. The molecule has 4 nitrogen and oxygen atoms in total. The van der Waals surface area contributed by atoms with Crippen LogP contribution in [0.5, 0.6) is 5.75 Å². The summed E-state index contributed by atoms with van der Waals surface area (Å²) in [6, 6.07) is 7.09. The van der Waals surface area contributed by atoms with Crippen LogP contribution in [0.15, 0.2) is 24.3 Å². The van der Waals surface area contributed by atoms with E-state index in [4.69, 9.17) is 16.3 Å². The number of halogens is 2. The van der Waals surface area contributed by atoms with Gasteiger partial charge in [-0.05, 0) is 37.2 Å². The Morgan fingerprint density at radius 1 is 1.20 bits per heavy atom. The molecule has 20 heavy (non-hydrogen) atoms. The van der Waals surface area contributed by atoms with E-state index in [1.165, 1.54) is 0 Å². The second kappa shape index (κ2) is 11.8. The van der Waals surface area contributed by atoms with E-state index in [0.29, 0.717) is 24.6 Å². The smallest absolute Gasteiger partial charge is 0.223 e. The summed E-state index contributed by atoms with van der Waals surface area (Å²) in [6.07, 6.45) is 1.46. The lowest BCUT2D eigenvalue weighted by molar-refractivity contribution is -0.121. The molecule has 0 saturated heterocycles. The van der Waals surface area contributed by atoms with Crippen LogP contribution in [0.2, 0.25) is 5.02 Å². The van der Waals surface area contributed by atoms with Gasteiger partial charge in [0.15, 0.2) is 0 Å². The van der Waals surface area contributed by atoms with Gasteiger partial charge < -0.3 is 15.4 Å². The number of carbonyl (C=O) groups excluding carboxylic acids is 1. The molecule has 2 N–H and O–H groups in total. The number of hydrogen-bond acceptors (Lipinski definition) is 3. The quantitative estimate of drug-likeness (QED) is 0.688. The van der Waals surface area contributed by atoms with Crippen molar-refractivity contribution >= 4 is 29.9 Å². The van der Waals surface area contributed by atoms with E-state index < -0.39 is 0 Å². The second-order valence-corrected chi connectivity index (χ2v) is 4.59. The SMILES string of the molecule is CCCNCCNC(=O)CCOc1ccc(Cl)cc1.Cl. The van der Waals surface area contributed by atoms with Crippen molar-refractivity contribution in [1.29, 1.82) is 0 Å². The van der Waals surface area contributed by atoms with Crippen molar-refractivity contribution in [2.75, 3.05) is 26.2 Å². The van der Waals surface area contributed by atoms with Crippen molar-refractivity contribution < 1.29 is 9.53 Å². The van der Waals surface area contributed by atoms with Crippen LogP contribution in [0.25, 0.3) is 0 Å². The van der Waals surface area contributed by atoms with E-state index in [2.05, 4.69) is 17.6 Å². The van der Waals surface area contributed by atoms with Crippen LogP contribution in [0.1, 0.15) is 19.8 Å². The average molecular weight is 321 g/mol. The van der Waals surface area contributed by atoms with Gasteiger partial charge >= 0.3 is 0 Å². The molecule has 0 radical (unpaired) electrons. The Bertz CT molecular complexity index is 372. The molecule has 0 atom stereocenters. The molecule has 0 aromatic heterocycles. The molecule has 0 heterocycles. The number of ether oxygens (including phenoxy) is 1. The summed E-state index contributed by atoms with van der Waals surface area (Å²) in [5.74, 6) is 0.731. The lowest BCUT2D eigenvalue weighted by Crippen LogP contribution is -2.32. The third-order valence-corrected chi connectivity index (χ3v) is 2.71. The van der Waals surface area contributed by atoms with Crippen LogP contribution in [0.4, 0.5) is 0 Å². The number of hydrogen-bond donors (Lipinski definition) is 2. The first kappa shape index (κ1) is 19.0. The Balaban J connectivity index is 0.00000361. The maximum atomic E-state index is 11.5. The fourth-order valence-electron chi connectivity index (χ4n) is 1.47. The molecule has 0 spiro atoms. The van der Waals surface area contributed by atoms with Crippen LogP contribution < -0.4 is 15.4 Å². The summed E-state index contributed by atoms with van der Waals surface area (Å²) in [7, 11) is 0. The standard InChI is InChI=1S/C14H21ClN2O2.ClH/c1-2-8-16-9-10-17-14(18)7-11-19-13-5-3-12(15)4-6-13;/h3-6,16H,2,7-11H2,1H3,(H,17,18);1H. The molecule has 1 amide bonds. The van der Waals surface area contributed by atoms with E-state index in [-0.39, 0.29) is 18.3 Å². The normalized spacial score (nSPS) is 9.70. The molecule has 1 rings (SSSR count). The van der Waals surface area contributed by atoms with Gasteiger partial charge in [0.25, 0.3) is 0 Å². The Hall–Kier alpha value is -0.970. The van der Waals surface area contributed by atoms with E-state index >= 15 is 0 Å². The van der Waals surface area contributed by atoms with Crippen LogP contribution in [0.3, 0.4) is 0 Å². The number of benzene rings is 1. The molecule has 0 aliphatic rings.